The van der Waals surface area contributed by atoms with E-state index in [9.17, 15) is 14.3 Å². The molecule has 0 aliphatic carbocycles. The van der Waals surface area contributed by atoms with E-state index in [1.165, 1.54) is 6.07 Å². The molecule has 1 aliphatic heterocycles. The third-order valence-electron chi connectivity index (χ3n) is 2.31. The molecule has 0 spiro atoms. The maximum absolute atomic E-state index is 13.3. The lowest BCUT2D eigenvalue weighted by atomic mass is 10.1. The van der Waals surface area contributed by atoms with Crippen LogP contribution in [0.1, 0.15) is 18.6 Å². The number of hydrogen-bond acceptors (Lipinski definition) is 5. The summed E-state index contributed by atoms with van der Waals surface area (Å²) in [4.78, 5) is 11.4. The van der Waals surface area contributed by atoms with E-state index >= 15 is 0 Å². The smallest absolute Gasteiger partial charge is 0.339 e. The van der Waals surface area contributed by atoms with Crippen LogP contribution in [-0.4, -0.2) is 24.5 Å². The fraction of sp³-hybridized carbons (Fsp3) is 0.364. The van der Waals surface area contributed by atoms with Gasteiger partial charge in [0.25, 0.3) is 0 Å². The fourth-order valence-electron chi connectivity index (χ4n) is 1.55. The molecule has 1 N–H and O–H groups in total. The van der Waals surface area contributed by atoms with Crippen LogP contribution in [0, 0.1) is 5.82 Å². The molecular weight excluding hydrogens is 231 g/mol. The van der Waals surface area contributed by atoms with Gasteiger partial charge >= 0.3 is 5.97 Å². The highest BCUT2D eigenvalue weighted by Crippen LogP contribution is 2.40. The Morgan fingerprint density at radius 2 is 2.24 bits per heavy atom. The Hall–Kier alpha value is -1.82. The summed E-state index contributed by atoms with van der Waals surface area (Å²) in [6, 6.07) is 2.37. The molecule has 2 rings (SSSR count). The number of carbonyl (C=O) groups is 1. The summed E-state index contributed by atoms with van der Waals surface area (Å²) < 4.78 is 27.9. The lowest BCUT2D eigenvalue weighted by Crippen LogP contribution is -2.16. The van der Waals surface area contributed by atoms with Crippen LogP contribution in [0.25, 0.3) is 0 Å². The van der Waals surface area contributed by atoms with Crippen LogP contribution in [0.15, 0.2) is 12.1 Å². The Morgan fingerprint density at radius 3 is 2.94 bits per heavy atom. The molecular formula is C11H11FO5. The van der Waals surface area contributed by atoms with Crippen LogP contribution in [-0.2, 0) is 9.53 Å². The standard InChI is InChI=1S/C11H11FO5/c1-2-15-11(14)8(13)6-3-4-7(12)10-9(6)16-5-17-10/h3-4,8,13H,2,5H2,1H3. The minimum absolute atomic E-state index is 0.0468. The van der Waals surface area contributed by atoms with Crippen LogP contribution in [0.2, 0.25) is 0 Å². The van der Waals surface area contributed by atoms with Gasteiger partial charge < -0.3 is 19.3 Å². The van der Waals surface area contributed by atoms with Crippen molar-refractivity contribution in [3.8, 4) is 11.5 Å². The average Bonchev–Trinajstić information content (AvgIpc) is 2.79. The zero-order valence-electron chi connectivity index (χ0n) is 9.10. The van der Waals surface area contributed by atoms with Crippen LogP contribution in [0.3, 0.4) is 0 Å². The molecule has 0 saturated carbocycles. The lowest BCUT2D eigenvalue weighted by molar-refractivity contribution is -0.153. The van der Waals surface area contributed by atoms with E-state index in [1.807, 2.05) is 0 Å². The molecule has 0 amide bonds. The second-order valence-corrected chi connectivity index (χ2v) is 3.36. The molecule has 1 aliphatic rings. The van der Waals surface area contributed by atoms with Crippen molar-refractivity contribution in [3.63, 3.8) is 0 Å². The number of aliphatic hydroxyl groups is 1. The summed E-state index contributed by atoms with van der Waals surface area (Å²) in [6.45, 7) is 1.63. The van der Waals surface area contributed by atoms with Gasteiger partial charge in [-0.2, -0.15) is 0 Å². The molecule has 0 radical (unpaired) electrons. The predicted octanol–water partition coefficient (Wildman–Crippen LogP) is 1.15. The number of ether oxygens (including phenoxy) is 3. The first-order valence-electron chi connectivity index (χ1n) is 5.07. The monoisotopic (exact) mass is 242 g/mol. The SMILES string of the molecule is CCOC(=O)C(O)c1ccc(F)c2c1OCO2. The van der Waals surface area contributed by atoms with Crippen molar-refractivity contribution in [2.24, 2.45) is 0 Å². The van der Waals surface area contributed by atoms with Crippen molar-refractivity contribution in [3.05, 3.63) is 23.5 Å². The highest BCUT2D eigenvalue weighted by molar-refractivity contribution is 5.78. The first-order valence-corrected chi connectivity index (χ1v) is 5.07. The molecule has 1 heterocycles. The molecule has 1 aromatic rings. The van der Waals surface area contributed by atoms with Crippen molar-refractivity contribution < 1.29 is 28.5 Å². The number of halogens is 1. The van der Waals surface area contributed by atoms with E-state index < -0.39 is 17.9 Å². The molecule has 5 nitrogen and oxygen atoms in total. The van der Waals surface area contributed by atoms with E-state index in [2.05, 4.69) is 4.74 Å². The Balaban J connectivity index is 2.34. The van der Waals surface area contributed by atoms with Gasteiger partial charge in [-0.3, -0.25) is 0 Å². The predicted molar refractivity (Wildman–Crippen MR) is 54.1 cm³/mol. The van der Waals surface area contributed by atoms with E-state index in [0.29, 0.717) is 0 Å². The zero-order chi connectivity index (χ0) is 12.4. The first kappa shape index (κ1) is 11.7. The maximum atomic E-state index is 13.3. The van der Waals surface area contributed by atoms with Crippen LogP contribution in [0.5, 0.6) is 11.5 Å². The maximum Gasteiger partial charge on any atom is 0.339 e. The Kier molecular flexibility index (Phi) is 3.14. The summed E-state index contributed by atoms with van der Waals surface area (Å²) in [6.07, 6.45) is -1.51. The van der Waals surface area contributed by atoms with E-state index in [0.717, 1.165) is 6.07 Å². The summed E-state index contributed by atoms with van der Waals surface area (Å²) in [5.74, 6) is -1.45. The summed E-state index contributed by atoms with van der Waals surface area (Å²) in [5.41, 5.74) is 0.136. The van der Waals surface area contributed by atoms with Gasteiger partial charge in [-0.25, -0.2) is 9.18 Å². The number of rotatable bonds is 3. The van der Waals surface area contributed by atoms with Gasteiger partial charge in [-0.05, 0) is 19.1 Å². The van der Waals surface area contributed by atoms with Crippen molar-refractivity contribution >= 4 is 5.97 Å². The van der Waals surface area contributed by atoms with E-state index in [4.69, 9.17) is 9.47 Å². The fourth-order valence-corrected chi connectivity index (χ4v) is 1.55. The first-order chi connectivity index (χ1) is 8.15. The zero-order valence-corrected chi connectivity index (χ0v) is 9.10. The molecule has 0 aromatic heterocycles. The minimum Gasteiger partial charge on any atom is -0.464 e. The quantitative estimate of drug-likeness (QED) is 0.805. The van der Waals surface area contributed by atoms with Gasteiger partial charge in [0.05, 0.1) is 6.61 Å². The van der Waals surface area contributed by atoms with Crippen molar-refractivity contribution in [2.75, 3.05) is 13.4 Å². The molecule has 0 saturated heterocycles. The number of esters is 1. The van der Waals surface area contributed by atoms with Gasteiger partial charge in [0.2, 0.25) is 12.5 Å². The Morgan fingerprint density at radius 1 is 1.53 bits per heavy atom. The van der Waals surface area contributed by atoms with Gasteiger partial charge in [0, 0.05) is 5.56 Å². The molecule has 0 bridgehead atoms. The van der Waals surface area contributed by atoms with Gasteiger partial charge in [-0.1, -0.05) is 0 Å². The topological polar surface area (TPSA) is 65.0 Å². The van der Waals surface area contributed by atoms with Crippen molar-refractivity contribution in [1.29, 1.82) is 0 Å². The summed E-state index contributed by atoms with van der Waals surface area (Å²) in [5, 5.41) is 9.74. The second kappa shape index (κ2) is 4.58. The molecule has 1 unspecified atom stereocenters. The number of benzene rings is 1. The third-order valence-corrected chi connectivity index (χ3v) is 2.31. The number of carbonyl (C=O) groups excluding carboxylic acids is 1. The third kappa shape index (κ3) is 2.03. The van der Waals surface area contributed by atoms with E-state index in [1.54, 1.807) is 6.92 Å². The molecule has 17 heavy (non-hydrogen) atoms. The molecule has 1 aromatic carbocycles. The largest absolute Gasteiger partial charge is 0.464 e. The van der Waals surface area contributed by atoms with Gasteiger partial charge in [-0.15, -0.1) is 0 Å². The Labute approximate surface area is 96.7 Å². The van der Waals surface area contributed by atoms with Crippen molar-refractivity contribution in [1.82, 2.24) is 0 Å². The van der Waals surface area contributed by atoms with E-state index in [-0.39, 0.29) is 30.5 Å². The number of aliphatic hydroxyl groups excluding tert-OH is 1. The number of fused-ring (bicyclic) bond motifs is 1. The number of hydrogen-bond donors (Lipinski definition) is 1. The normalized spacial score (nSPS) is 14.5. The van der Waals surface area contributed by atoms with Gasteiger partial charge in [0.1, 0.15) is 0 Å². The van der Waals surface area contributed by atoms with Crippen LogP contribution in [0.4, 0.5) is 4.39 Å². The highest BCUT2D eigenvalue weighted by atomic mass is 19.1. The van der Waals surface area contributed by atoms with Crippen LogP contribution >= 0.6 is 0 Å². The minimum atomic E-state index is -1.51. The average molecular weight is 242 g/mol. The molecule has 1 atom stereocenters. The second-order valence-electron chi connectivity index (χ2n) is 3.36. The van der Waals surface area contributed by atoms with Crippen molar-refractivity contribution in [2.45, 2.75) is 13.0 Å². The molecule has 6 heteroatoms. The molecule has 0 fully saturated rings. The summed E-state index contributed by atoms with van der Waals surface area (Å²) in [7, 11) is 0. The summed E-state index contributed by atoms with van der Waals surface area (Å²) >= 11 is 0. The lowest BCUT2D eigenvalue weighted by Gasteiger charge is -2.12. The Bertz CT molecular complexity index is 446. The molecule has 92 valence electrons. The van der Waals surface area contributed by atoms with Crippen LogP contribution < -0.4 is 9.47 Å². The highest BCUT2D eigenvalue weighted by Gasteiger charge is 2.29. The van der Waals surface area contributed by atoms with Gasteiger partial charge in [0.15, 0.2) is 17.7 Å².